The molecule has 7 heteroatoms. The minimum atomic E-state index is -0.551. The number of nitrogens with zero attached hydrogens (tertiary/aromatic N) is 1. The average Bonchev–Trinajstić information content (AvgIpc) is 2.59. The van der Waals surface area contributed by atoms with Crippen molar-refractivity contribution in [1.29, 1.82) is 0 Å². The Morgan fingerprint density at radius 2 is 2.08 bits per heavy atom. The number of guanidine groups is 1. The molecule has 1 aliphatic rings. The lowest BCUT2D eigenvalue weighted by Crippen LogP contribution is -2.43. The molecule has 0 saturated carbocycles. The molecule has 2 rings (SSSR count). The summed E-state index contributed by atoms with van der Waals surface area (Å²) in [5.41, 5.74) is 0.588. The van der Waals surface area contributed by atoms with E-state index in [9.17, 15) is 4.79 Å². The van der Waals surface area contributed by atoms with E-state index in [2.05, 4.69) is 27.0 Å². The Hall–Kier alpha value is -1.51. The van der Waals surface area contributed by atoms with Gasteiger partial charge in [0.15, 0.2) is 5.96 Å². The summed E-state index contributed by atoms with van der Waals surface area (Å²) in [6, 6.07) is 8.20. The second kappa shape index (κ2) is 9.84. The van der Waals surface area contributed by atoms with Crippen LogP contribution in [0.15, 0.2) is 29.3 Å². The fourth-order valence-corrected chi connectivity index (χ4v) is 2.66. The van der Waals surface area contributed by atoms with Crippen LogP contribution >= 0.6 is 24.0 Å². The molecule has 1 aromatic carbocycles. The number of benzene rings is 1. The molecule has 3 N–H and O–H groups in total. The van der Waals surface area contributed by atoms with E-state index in [1.165, 1.54) is 0 Å². The van der Waals surface area contributed by atoms with Crippen molar-refractivity contribution < 1.29 is 9.53 Å². The molecule has 6 nitrogen and oxygen atoms in total. The van der Waals surface area contributed by atoms with Crippen LogP contribution in [0, 0.1) is 5.41 Å². The first-order valence-corrected chi connectivity index (χ1v) is 8.46. The highest BCUT2D eigenvalue weighted by atomic mass is 127. The largest absolute Gasteiger partial charge is 0.493 e. The Morgan fingerprint density at radius 1 is 1.36 bits per heavy atom. The van der Waals surface area contributed by atoms with Crippen molar-refractivity contribution in [2.24, 2.45) is 10.4 Å². The summed E-state index contributed by atoms with van der Waals surface area (Å²) in [6.45, 7) is 7.66. The first kappa shape index (κ1) is 21.5. The molecule has 1 amide bonds. The van der Waals surface area contributed by atoms with Gasteiger partial charge in [-0.15, -0.1) is 24.0 Å². The number of aliphatic imine (C=N–C) groups is 1. The van der Waals surface area contributed by atoms with Crippen LogP contribution in [-0.2, 0) is 4.79 Å². The topological polar surface area (TPSA) is 74.8 Å². The number of fused-ring (bicyclic) bond motifs is 1. The van der Waals surface area contributed by atoms with Gasteiger partial charge in [0, 0.05) is 25.6 Å². The number of para-hydroxylation sites is 1. The van der Waals surface area contributed by atoms with Gasteiger partial charge in [0.05, 0.1) is 24.6 Å². The quantitative estimate of drug-likeness (QED) is 0.359. The van der Waals surface area contributed by atoms with Crippen molar-refractivity contribution in [3.8, 4) is 5.75 Å². The van der Waals surface area contributed by atoms with E-state index in [1.807, 2.05) is 39.0 Å². The van der Waals surface area contributed by atoms with Crippen molar-refractivity contribution >= 4 is 35.8 Å². The van der Waals surface area contributed by atoms with Crippen molar-refractivity contribution in [2.75, 3.05) is 26.7 Å². The molecule has 0 fully saturated rings. The Bertz CT molecular complexity index is 604. The van der Waals surface area contributed by atoms with Crippen LogP contribution in [0.3, 0.4) is 0 Å². The lowest BCUT2D eigenvalue weighted by Gasteiger charge is -2.28. The summed E-state index contributed by atoms with van der Waals surface area (Å²) in [5.74, 6) is 1.62. The van der Waals surface area contributed by atoms with E-state index in [0.717, 1.165) is 30.2 Å². The van der Waals surface area contributed by atoms with E-state index in [-0.39, 0.29) is 35.9 Å². The number of hydrogen-bond acceptors (Lipinski definition) is 3. The minimum Gasteiger partial charge on any atom is -0.493 e. The summed E-state index contributed by atoms with van der Waals surface area (Å²) in [4.78, 5) is 16.5. The maximum Gasteiger partial charge on any atom is 0.227 e. The van der Waals surface area contributed by atoms with Crippen molar-refractivity contribution in [3.63, 3.8) is 0 Å². The lowest BCUT2D eigenvalue weighted by atomic mass is 9.93. The van der Waals surface area contributed by atoms with Gasteiger partial charge in [-0.05, 0) is 26.8 Å². The zero-order valence-corrected chi connectivity index (χ0v) is 17.7. The summed E-state index contributed by atoms with van der Waals surface area (Å²) in [5, 5.41) is 9.42. The predicted molar refractivity (Wildman–Crippen MR) is 112 cm³/mol. The minimum absolute atomic E-state index is 0. The molecule has 0 saturated heterocycles. The molecule has 0 radical (unpaired) electrons. The molecule has 25 heavy (non-hydrogen) atoms. The number of halogens is 1. The first-order valence-electron chi connectivity index (χ1n) is 8.46. The van der Waals surface area contributed by atoms with Gasteiger partial charge in [-0.25, -0.2) is 0 Å². The Balaban J connectivity index is 0.00000312. The first-order chi connectivity index (χ1) is 11.5. The van der Waals surface area contributed by atoms with Crippen LogP contribution in [0.2, 0.25) is 0 Å². The monoisotopic (exact) mass is 460 g/mol. The Labute approximate surface area is 167 Å². The molecule has 0 spiro atoms. The zero-order chi connectivity index (χ0) is 17.6. The van der Waals surface area contributed by atoms with Gasteiger partial charge in [-0.1, -0.05) is 18.2 Å². The standard InChI is InChI=1S/C18H28N4O2.HI/c1-5-20-17(21-12-18(2,3)16(23)19-4)22-14-10-11-24-15-9-7-6-8-13(14)15;/h6-9,14H,5,10-12H2,1-4H3,(H,19,23)(H2,20,21,22);1H. The van der Waals surface area contributed by atoms with E-state index in [1.54, 1.807) is 7.05 Å². The number of ether oxygens (including phenoxy) is 1. The van der Waals surface area contributed by atoms with Gasteiger partial charge in [0.25, 0.3) is 0 Å². The normalized spacial score (nSPS) is 16.8. The second-order valence-corrected chi connectivity index (χ2v) is 6.53. The van der Waals surface area contributed by atoms with Gasteiger partial charge >= 0.3 is 0 Å². The molecule has 1 atom stereocenters. The molecule has 0 aromatic heterocycles. The number of hydrogen-bond donors (Lipinski definition) is 3. The third-order valence-corrected chi connectivity index (χ3v) is 4.09. The fraction of sp³-hybridized carbons (Fsp3) is 0.556. The van der Waals surface area contributed by atoms with Gasteiger partial charge in [0.1, 0.15) is 5.75 Å². The lowest BCUT2D eigenvalue weighted by molar-refractivity contribution is -0.128. The molecular weight excluding hydrogens is 431 g/mol. The number of nitrogens with one attached hydrogen (secondary N) is 3. The summed E-state index contributed by atoms with van der Waals surface area (Å²) >= 11 is 0. The third kappa shape index (κ3) is 5.76. The van der Waals surface area contributed by atoms with Crippen LogP contribution in [0.5, 0.6) is 5.75 Å². The predicted octanol–water partition coefficient (Wildman–Crippen LogP) is 2.46. The van der Waals surface area contributed by atoms with Crippen LogP contribution in [-0.4, -0.2) is 38.6 Å². The van der Waals surface area contributed by atoms with Crippen LogP contribution in [0.4, 0.5) is 0 Å². The highest BCUT2D eigenvalue weighted by Gasteiger charge is 2.27. The van der Waals surface area contributed by atoms with Crippen LogP contribution in [0.1, 0.15) is 38.8 Å². The highest BCUT2D eigenvalue weighted by Crippen LogP contribution is 2.31. The molecule has 140 valence electrons. The van der Waals surface area contributed by atoms with E-state index >= 15 is 0 Å². The van der Waals surface area contributed by atoms with Crippen molar-refractivity contribution in [1.82, 2.24) is 16.0 Å². The fourth-order valence-electron chi connectivity index (χ4n) is 2.66. The second-order valence-electron chi connectivity index (χ2n) is 6.53. The SMILES string of the molecule is CCNC(=NCC(C)(C)C(=O)NC)NC1CCOc2ccccc21.I. The molecule has 1 heterocycles. The molecular formula is C18H29IN4O2. The summed E-state index contributed by atoms with van der Waals surface area (Å²) in [7, 11) is 1.65. The number of carbonyl (C=O) groups is 1. The maximum absolute atomic E-state index is 11.9. The smallest absolute Gasteiger partial charge is 0.227 e. The number of amides is 1. The number of rotatable bonds is 5. The van der Waals surface area contributed by atoms with E-state index in [4.69, 9.17) is 4.74 Å². The van der Waals surface area contributed by atoms with Crippen LogP contribution < -0.4 is 20.7 Å². The molecule has 1 aromatic rings. The average molecular weight is 460 g/mol. The van der Waals surface area contributed by atoms with E-state index < -0.39 is 5.41 Å². The molecule has 1 unspecified atom stereocenters. The summed E-state index contributed by atoms with van der Waals surface area (Å²) in [6.07, 6.45) is 0.875. The van der Waals surface area contributed by atoms with Gasteiger partial charge < -0.3 is 20.7 Å². The molecule has 0 aliphatic carbocycles. The zero-order valence-electron chi connectivity index (χ0n) is 15.4. The maximum atomic E-state index is 11.9. The van der Waals surface area contributed by atoms with Gasteiger partial charge in [-0.2, -0.15) is 0 Å². The van der Waals surface area contributed by atoms with E-state index in [0.29, 0.717) is 13.2 Å². The highest BCUT2D eigenvalue weighted by molar-refractivity contribution is 14.0. The van der Waals surface area contributed by atoms with Crippen molar-refractivity contribution in [2.45, 2.75) is 33.2 Å². The van der Waals surface area contributed by atoms with Gasteiger partial charge in [-0.3, -0.25) is 9.79 Å². The number of carbonyl (C=O) groups excluding carboxylic acids is 1. The van der Waals surface area contributed by atoms with Gasteiger partial charge in [0.2, 0.25) is 5.91 Å². The van der Waals surface area contributed by atoms with Crippen molar-refractivity contribution in [3.05, 3.63) is 29.8 Å². The third-order valence-electron chi connectivity index (χ3n) is 4.09. The molecule has 1 aliphatic heterocycles. The molecule has 0 bridgehead atoms. The Morgan fingerprint density at radius 3 is 2.76 bits per heavy atom. The summed E-state index contributed by atoms with van der Waals surface area (Å²) < 4.78 is 5.70. The van der Waals surface area contributed by atoms with Crippen LogP contribution in [0.25, 0.3) is 0 Å². The Kier molecular flexibility index (Phi) is 8.47.